The van der Waals surface area contributed by atoms with Crippen molar-refractivity contribution in [3.8, 4) is 0 Å². The van der Waals surface area contributed by atoms with Gasteiger partial charge in [-0.25, -0.2) is 0 Å². The van der Waals surface area contributed by atoms with Gasteiger partial charge in [0.25, 0.3) is 0 Å². The first-order chi connectivity index (χ1) is 5.75. The number of ether oxygens (including phenoxy) is 1. The Morgan fingerprint density at radius 1 is 1.14 bits per heavy atom. The Bertz CT molecular complexity index is 226. The van der Waals surface area contributed by atoms with Gasteiger partial charge in [-0.05, 0) is 12.8 Å². The Hall–Kier alpha value is 0.283. The molecule has 0 aromatic rings. The molecule has 0 amide bonds. The number of hydrogen-bond donors (Lipinski definition) is 1. The van der Waals surface area contributed by atoms with Gasteiger partial charge in [0.1, 0.15) is 0 Å². The van der Waals surface area contributed by atoms with Gasteiger partial charge in [-0.1, -0.05) is 0 Å². The van der Waals surface area contributed by atoms with E-state index in [1.807, 2.05) is 0 Å². The van der Waals surface area contributed by atoms with Crippen molar-refractivity contribution in [1.29, 1.82) is 0 Å². The molecule has 14 heavy (non-hydrogen) atoms. The molecule has 0 unspecified atom stereocenters. The molecule has 1 aliphatic rings. The summed E-state index contributed by atoms with van der Waals surface area (Å²) in [5.74, 6) is 0. The first kappa shape index (κ1) is 16.7. The van der Waals surface area contributed by atoms with Gasteiger partial charge in [0, 0.05) is 32.7 Å². The molecule has 1 N–H and O–H groups in total. The summed E-state index contributed by atoms with van der Waals surface area (Å²) in [6.07, 6.45) is 2.56. The van der Waals surface area contributed by atoms with Crippen LogP contribution in [0.15, 0.2) is 0 Å². The van der Waals surface area contributed by atoms with Crippen LogP contribution in [0.1, 0.15) is 12.8 Å². The van der Waals surface area contributed by atoms with E-state index in [0.29, 0.717) is 0 Å². The Labute approximate surface area is 92.3 Å². The van der Waals surface area contributed by atoms with E-state index in [1.165, 1.54) is 12.8 Å². The molecule has 0 spiro atoms. The molecule has 0 aliphatic carbocycles. The van der Waals surface area contributed by atoms with E-state index in [-0.39, 0.29) is 19.5 Å². The summed E-state index contributed by atoms with van der Waals surface area (Å²) in [6.45, 7) is 2.00. The average Bonchev–Trinajstić information content (AvgIpc) is 2.35. The maximum Gasteiger partial charge on any atom is 0.522 e. The molecule has 0 atom stereocenters. The first-order valence-electron chi connectivity index (χ1n) is 3.36. The predicted molar refractivity (Wildman–Crippen MR) is 37.7 cm³/mol. The van der Waals surface area contributed by atoms with Crippen molar-refractivity contribution in [2.45, 2.75) is 18.3 Å². The summed E-state index contributed by atoms with van der Waals surface area (Å²) in [5, 5.41) is 0. The molecule has 82 valence electrons. The SMILES string of the molecule is C1CCOC1.O=S(=O)(O)C(F)(F)F.[Zn]. The number of halogens is 3. The molecule has 0 bridgehead atoms. The van der Waals surface area contributed by atoms with Crippen molar-refractivity contribution < 1.29 is 50.4 Å². The van der Waals surface area contributed by atoms with Crippen LogP contribution >= 0.6 is 0 Å². The van der Waals surface area contributed by atoms with Crippen LogP contribution in [0.4, 0.5) is 13.2 Å². The minimum absolute atomic E-state index is 0. The van der Waals surface area contributed by atoms with Crippen molar-refractivity contribution in [1.82, 2.24) is 0 Å². The van der Waals surface area contributed by atoms with Crippen LogP contribution in [0.25, 0.3) is 0 Å². The molecule has 1 rings (SSSR count). The fourth-order valence-electron chi connectivity index (χ4n) is 0.510. The average molecular weight is 288 g/mol. The second-order valence-electron chi connectivity index (χ2n) is 2.24. The zero-order valence-corrected chi connectivity index (χ0v) is 11.0. The quantitative estimate of drug-likeness (QED) is 0.413. The molecule has 4 nitrogen and oxygen atoms in total. The van der Waals surface area contributed by atoms with Crippen LogP contribution in [0.3, 0.4) is 0 Å². The summed E-state index contributed by atoms with van der Waals surface area (Å²) in [7, 11) is -5.84. The maximum absolute atomic E-state index is 10.7. The van der Waals surface area contributed by atoms with E-state index in [1.54, 1.807) is 0 Å². The number of rotatable bonds is 0. The van der Waals surface area contributed by atoms with Crippen molar-refractivity contribution in [3.05, 3.63) is 0 Å². The Morgan fingerprint density at radius 3 is 1.50 bits per heavy atom. The van der Waals surface area contributed by atoms with Crippen LogP contribution in [0.5, 0.6) is 0 Å². The second kappa shape index (κ2) is 6.71. The zero-order chi connectivity index (χ0) is 10.5. The summed E-state index contributed by atoms with van der Waals surface area (Å²) < 4.78 is 62.5. The van der Waals surface area contributed by atoms with Crippen LogP contribution in [-0.4, -0.2) is 31.7 Å². The molecule has 0 aromatic carbocycles. The van der Waals surface area contributed by atoms with Crippen LogP contribution in [-0.2, 0) is 34.3 Å². The molecule has 1 saturated heterocycles. The predicted octanol–water partition coefficient (Wildman–Crippen LogP) is 1.19. The van der Waals surface area contributed by atoms with E-state index < -0.39 is 15.6 Å². The summed E-state index contributed by atoms with van der Waals surface area (Å²) in [4.78, 5) is 0. The summed E-state index contributed by atoms with van der Waals surface area (Å²) in [6, 6.07) is 0. The monoisotopic (exact) mass is 286 g/mol. The molecule has 0 aromatic heterocycles. The van der Waals surface area contributed by atoms with Crippen molar-refractivity contribution >= 4 is 10.1 Å². The number of hydrogen-bond acceptors (Lipinski definition) is 3. The van der Waals surface area contributed by atoms with Gasteiger partial charge < -0.3 is 4.74 Å². The van der Waals surface area contributed by atoms with Gasteiger partial charge in [0.05, 0.1) is 0 Å². The Morgan fingerprint density at radius 2 is 1.43 bits per heavy atom. The molecule has 0 radical (unpaired) electrons. The minimum atomic E-state index is -5.84. The fraction of sp³-hybridized carbons (Fsp3) is 1.00. The van der Waals surface area contributed by atoms with Crippen LogP contribution in [0.2, 0.25) is 0 Å². The van der Waals surface area contributed by atoms with Crippen LogP contribution < -0.4 is 0 Å². The van der Waals surface area contributed by atoms with Crippen molar-refractivity contribution in [2.24, 2.45) is 0 Å². The van der Waals surface area contributed by atoms with Gasteiger partial charge >= 0.3 is 15.6 Å². The standard InChI is InChI=1S/C4H8O.CHF3O3S.Zn/c1-2-4-5-3-1;2-1(3,4)8(5,6)7;/h1-4H2;(H,5,6,7);. The zero-order valence-electron chi connectivity index (χ0n) is 7.25. The van der Waals surface area contributed by atoms with Gasteiger partial charge in [-0.3, -0.25) is 4.55 Å². The van der Waals surface area contributed by atoms with Gasteiger partial charge in [0.15, 0.2) is 0 Å². The maximum atomic E-state index is 10.7. The van der Waals surface area contributed by atoms with E-state index >= 15 is 0 Å². The molecule has 9 heteroatoms. The largest absolute Gasteiger partial charge is 0.522 e. The van der Waals surface area contributed by atoms with Crippen molar-refractivity contribution in [3.63, 3.8) is 0 Å². The van der Waals surface area contributed by atoms with Crippen molar-refractivity contribution in [2.75, 3.05) is 13.2 Å². The molecule has 1 heterocycles. The Balaban J connectivity index is 0. The molecular formula is C5H9F3O4SZn. The fourth-order valence-corrected chi connectivity index (χ4v) is 0.510. The third-order valence-corrected chi connectivity index (χ3v) is 1.70. The third kappa shape index (κ3) is 7.67. The smallest absolute Gasteiger partial charge is 0.381 e. The van der Waals surface area contributed by atoms with E-state index in [2.05, 4.69) is 0 Å². The van der Waals surface area contributed by atoms with E-state index in [9.17, 15) is 13.2 Å². The molecule has 1 aliphatic heterocycles. The normalized spacial score (nSPS) is 16.6. The molecule has 0 saturated carbocycles. The second-order valence-corrected chi connectivity index (χ2v) is 3.65. The van der Waals surface area contributed by atoms with Gasteiger partial charge in [-0.2, -0.15) is 21.6 Å². The van der Waals surface area contributed by atoms with Gasteiger partial charge in [0.2, 0.25) is 0 Å². The summed E-state index contributed by atoms with van der Waals surface area (Å²) >= 11 is 0. The minimum Gasteiger partial charge on any atom is -0.381 e. The third-order valence-electron chi connectivity index (χ3n) is 1.12. The molecular weight excluding hydrogens is 279 g/mol. The van der Waals surface area contributed by atoms with E-state index in [4.69, 9.17) is 17.7 Å². The van der Waals surface area contributed by atoms with E-state index in [0.717, 1.165) is 13.2 Å². The number of alkyl halides is 3. The topological polar surface area (TPSA) is 63.6 Å². The van der Waals surface area contributed by atoms with Gasteiger partial charge in [-0.15, -0.1) is 0 Å². The van der Waals surface area contributed by atoms with Crippen LogP contribution in [0, 0.1) is 0 Å². The Kier molecular flexibility index (Phi) is 8.01. The summed E-state index contributed by atoms with van der Waals surface area (Å²) in [5.41, 5.74) is -5.53. The first-order valence-corrected chi connectivity index (χ1v) is 4.80. The molecule has 1 fully saturated rings.